The van der Waals surface area contributed by atoms with Crippen LogP contribution in [0.3, 0.4) is 0 Å². The number of hydrogen-bond acceptors (Lipinski definition) is 3. The van der Waals surface area contributed by atoms with Crippen molar-refractivity contribution in [3.8, 4) is 5.75 Å². The van der Waals surface area contributed by atoms with E-state index in [2.05, 4.69) is 22.8 Å². The van der Waals surface area contributed by atoms with Gasteiger partial charge < -0.3 is 10.1 Å². The van der Waals surface area contributed by atoms with Gasteiger partial charge in [0.1, 0.15) is 5.75 Å². The summed E-state index contributed by atoms with van der Waals surface area (Å²) in [7, 11) is 0. The summed E-state index contributed by atoms with van der Waals surface area (Å²) in [5, 5.41) is 7.71. The summed E-state index contributed by atoms with van der Waals surface area (Å²) < 4.78 is 5.37. The number of nitrogens with one attached hydrogen (secondary N) is 2. The minimum Gasteiger partial charge on any atom is -0.494 e. The summed E-state index contributed by atoms with van der Waals surface area (Å²) in [6.07, 6.45) is 3.97. The first-order chi connectivity index (χ1) is 9.26. The minimum atomic E-state index is 0.552. The highest BCUT2D eigenvalue weighted by Gasteiger charge is 1.93. The van der Waals surface area contributed by atoms with E-state index in [1.54, 1.807) is 6.21 Å². The Bertz CT molecular complexity index is 404. The van der Waals surface area contributed by atoms with Crippen molar-refractivity contribution >= 4 is 23.5 Å². The molecule has 0 amide bonds. The summed E-state index contributed by atoms with van der Waals surface area (Å²) in [4.78, 5) is 0. The number of hydrogen-bond donors (Lipinski definition) is 2. The number of unbranched alkanes of at least 4 members (excludes halogenated alkanes) is 1. The zero-order valence-corrected chi connectivity index (χ0v) is 12.3. The Morgan fingerprint density at radius 1 is 1.32 bits per heavy atom. The second kappa shape index (κ2) is 9.33. The van der Waals surface area contributed by atoms with Crippen molar-refractivity contribution in [2.75, 3.05) is 13.2 Å². The number of benzene rings is 1. The monoisotopic (exact) mass is 279 g/mol. The number of ether oxygens (including phenoxy) is 1. The number of nitrogens with zero attached hydrogens (tertiary/aromatic N) is 1. The zero-order valence-electron chi connectivity index (χ0n) is 11.5. The maximum Gasteiger partial charge on any atom is 0.186 e. The van der Waals surface area contributed by atoms with Gasteiger partial charge in [-0.2, -0.15) is 5.10 Å². The van der Waals surface area contributed by atoms with Gasteiger partial charge in [0.15, 0.2) is 5.11 Å². The second-order valence-corrected chi connectivity index (χ2v) is 4.39. The summed E-state index contributed by atoms with van der Waals surface area (Å²) in [5.41, 5.74) is 3.78. The Morgan fingerprint density at radius 3 is 2.68 bits per heavy atom. The molecule has 0 saturated heterocycles. The van der Waals surface area contributed by atoms with Crippen LogP contribution >= 0.6 is 12.2 Å². The molecule has 0 aliphatic heterocycles. The van der Waals surface area contributed by atoms with Gasteiger partial charge in [0, 0.05) is 6.54 Å². The lowest BCUT2D eigenvalue weighted by Gasteiger charge is -2.05. The molecule has 104 valence electrons. The first-order valence-corrected chi connectivity index (χ1v) is 6.96. The van der Waals surface area contributed by atoms with Crippen LogP contribution in [0.5, 0.6) is 5.75 Å². The van der Waals surface area contributed by atoms with Crippen molar-refractivity contribution < 1.29 is 4.74 Å². The Kier molecular flexibility index (Phi) is 7.58. The third kappa shape index (κ3) is 6.76. The fourth-order valence-corrected chi connectivity index (χ4v) is 1.56. The quantitative estimate of drug-likeness (QED) is 0.349. The molecule has 0 fully saturated rings. The lowest BCUT2D eigenvalue weighted by molar-refractivity contribution is 0.340. The summed E-state index contributed by atoms with van der Waals surface area (Å²) in [5.74, 6) is 0.865. The molecule has 0 aliphatic carbocycles. The molecule has 0 saturated carbocycles. The number of thiocarbonyl (C=S) groups is 1. The van der Waals surface area contributed by atoms with Gasteiger partial charge in [0.05, 0.1) is 12.8 Å². The van der Waals surface area contributed by atoms with Crippen LogP contribution in [0.25, 0.3) is 0 Å². The largest absolute Gasteiger partial charge is 0.494 e. The maximum atomic E-state index is 5.37. The lowest BCUT2D eigenvalue weighted by atomic mass is 10.2. The van der Waals surface area contributed by atoms with E-state index in [1.165, 1.54) is 0 Å². The molecule has 0 atom stereocenters. The van der Waals surface area contributed by atoms with Crippen LogP contribution < -0.4 is 15.5 Å². The normalized spacial score (nSPS) is 10.4. The molecular formula is C14H21N3OS. The predicted octanol–water partition coefficient (Wildman–Crippen LogP) is 2.68. The molecule has 0 bridgehead atoms. The van der Waals surface area contributed by atoms with Gasteiger partial charge in [0.25, 0.3) is 0 Å². The van der Waals surface area contributed by atoms with E-state index in [-0.39, 0.29) is 0 Å². The van der Waals surface area contributed by atoms with Crippen LogP contribution in [-0.4, -0.2) is 24.5 Å². The van der Waals surface area contributed by atoms with E-state index in [0.717, 1.165) is 30.7 Å². The average Bonchev–Trinajstić information content (AvgIpc) is 2.41. The van der Waals surface area contributed by atoms with Crippen LogP contribution in [0, 0.1) is 0 Å². The molecule has 0 aliphatic rings. The minimum absolute atomic E-state index is 0.552. The van der Waals surface area contributed by atoms with Crippen molar-refractivity contribution in [3.05, 3.63) is 29.8 Å². The molecular weight excluding hydrogens is 258 g/mol. The summed E-state index contributed by atoms with van der Waals surface area (Å²) in [6, 6.07) is 7.73. The van der Waals surface area contributed by atoms with Gasteiger partial charge in [-0.1, -0.05) is 13.3 Å². The highest BCUT2D eigenvalue weighted by molar-refractivity contribution is 7.80. The molecule has 1 aromatic rings. The van der Waals surface area contributed by atoms with Crippen LogP contribution in [0.1, 0.15) is 32.3 Å². The fourth-order valence-electron chi connectivity index (χ4n) is 1.40. The van der Waals surface area contributed by atoms with Crippen molar-refractivity contribution in [3.63, 3.8) is 0 Å². The average molecular weight is 279 g/mol. The van der Waals surface area contributed by atoms with Crippen molar-refractivity contribution in [2.24, 2.45) is 5.10 Å². The van der Waals surface area contributed by atoms with E-state index in [9.17, 15) is 0 Å². The summed E-state index contributed by atoms with van der Waals surface area (Å²) >= 11 is 5.08. The number of hydrazone groups is 1. The van der Waals surface area contributed by atoms with Gasteiger partial charge in [-0.25, -0.2) is 0 Å². The Hall–Kier alpha value is -1.62. The highest BCUT2D eigenvalue weighted by atomic mass is 32.1. The zero-order chi connectivity index (χ0) is 13.9. The standard InChI is InChI=1S/C14H21N3OS/c1-3-5-10-15-14(19)17-16-11-12-6-8-13(9-7-12)18-4-2/h6-9,11H,3-5,10H2,1-2H3,(H2,15,17,19). The first kappa shape index (κ1) is 15.4. The molecule has 2 N–H and O–H groups in total. The first-order valence-electron chi connectivity index (χ1n) is 6.56. The number of rotatable bonds is 7. The van der Waals surface area contributed by atoms with E-state index in [1.807, 2.05) is 31.2 Å². The van der Waals surface area contributed by atoms with Gasteiger partial charge in [-0.15, -0.1) is 0 Å². The van der Waals surface area contributed by atoms with Crippen LogP contribution in [0.2, 0.25) is 0 Å². The maximum absolute atomic E-state index is 5.37. The van der Waals surface area contributed by atoms with Gasteiger partial charge in [-0.05, 0) is 55.4 Å². The van der Waals surface area contributed by atoms with Crippen molar-refractivity contribution in [2.45, 2.75) is 26.7 Å². The molecule has 4 nitrogen and oxygen atoms in total. The van der Waals surface area contributed by atoms with Crippen LogP contribution in [0.4, 0.5) is 0 Å². The highest BCUT2D eigenvalue weighted by Crippen LogP contribution is 2.10. The topological polar surface area (TPSA) is 45.7 Å². The molecule has 0 aromatic heterocycles. The molecule has 0 radical (unpaired) electrons. The van der Waals surface area contributed by atoms with E-state index < -0.39 is 0 Å². The smallest absolute Gasteiger partial charge is 0.186 e. The Labute approximate surface area is 120 Å². The molecule has 0 spiro atoms. The van der Waals surface area contributed by atoms with E-state index >= 15 is 0 Å². The Balaban J connectivity index is 2.33. The fraction of sp³-hybridized carbons (Fsp3) is 0.429. The summed E-state index contributed by atoms with van der Waals surface area (Å²) in [6.45, 7) is 5.65. The van der Waals surface area contributed by atoms with Crippen molar-refractivity contribution in [1.82, 2.24) is 10.7 Å². The molecule has 1 rings (SSSR count). The third-order valence-corrected chi connectivity index (χ3v) is 2.62. The molecule has 0 unspecified atom stereocenters. The van der Waals surface area contributed by atoms with E-state index in [4.69, 9.17) is 17.0 Å². The van der Waals surface area contributed by atoms with Gasteiger partial charge in [-0.3, -0.25) is 5.43 Å². The molecule has 19 heavy (non-hydrogen) atoms. The SMILES string of the molecule is CCCCNC(=S)NN=Cc1ccc(OCC)cc1. The van der Waals surface area contributed by atoms with Crippen LogP contribution in [0.15, 0.2) is 29.4 Å². The second-order valence-electron chi connectivity index (χ2n) is 3.98. The van der Waals surface area contributed by atoms with Crippen LogP contribution in [-0.2, 0) is 0 Å². The molecule has 0 heterocycles. The Morgan fingerprint density at radius 2 is 2.05 bits per heavy atom. The third-order valence-electron chi connectivity index (χ3n) is 2.39. The molecule has 1 aromatic carbocycles. The molecule has 5 heteroatoms. The lowest BCUT2D eigenvalue weighted by Crippen LogP contribution is -2.32. The predicted molar refractivity (Wildman–Crippen MR) is 83.8 cm³/mol. The van der Waals surface area contributed by atoms with Gasteiger partial charge in [0.2, 0.25) is 0 Å². The van der Waals surface area contributed by atoms with E-state index in [0.29, 0.717) is 11.7 Å². The van der Waals surface area contributed by atoms with Crippen molar-refractivity contribution in [1.29, 1.82) is 0 Å². The van der Waals surface area contributed by atoms with Gasteiger partial charge >= 0.3 is 0 Å².